The summed E-state index contributed by atoms with van der Waals surface area (Å²) in [6.07, 6.45) is 0. The van der Waals surface area contributed by atoms with Gasteiger partial charge in [-0.15, -0.1) is 0 Å². The molecule has 6 heteroatoms. The van der Waals surface area contributed by atoms with E-state index in [2.05, 4.69) is 26.6 Å². The summed E-state index contributed by atoms with van der Waals surface area (Å²) in [6.45, 7) is 0.498. The van der Waals surface area contributed by atoms with Crippen LogP contribution in [0.4, 0.5) is 10.1 Å². The number of carbonyl (C=O) groups is 2. The van der Waals surface area contributed by atoms with Gasteiger partial charge in [-0.05, 0) is 51.8 Å². The molecule has 0 bridgehead atoms. The van der Waals surface area contributed by atoms with E-state index in [4.69, 9.17) is 0 Å². The molecule has 2 aromatic carbocycles. The van der Waals surface area contributed by atoms with Gasteiger partial charge in [0.1, 0.15) is 5.82 Å². The van der Waals surface area contributed by atoms with E-state index in [1.54, 1.807) is 18.2 Å². The number of hydrogen-bond donors (Lipinski definition) is 2. The Kier molecular flexibility index (Phi) is 3.47. The maximum atomic E-state index is 13.2. The van der Waals surface area contributed by atoms with Crippen LogP contribution in [0.5, 0.6) is 0 Å². The molecular formula is C15H10BrFN2O2. The topological polar surface area (TPSA) is 58.2 Å². The lowest BCUT2D eigenvalue weighted by atomic mass is 10.1. The molecule has 0 spiro atoms. The zero-order chi connectivity index (χ0) is 15.0. The van der Waals surface area contributed by atoms with E-state index in [1.807, 2.05) is 0 Å². The Morgan fingerprint density at radius 1 is 1.24 bits per heavy atom. The lowest BCUT2D eigenvalue weighted by Gasteiger charge is -2.08. The van der Waals surface area contributed by atoms with Gasteiger partial charge >= 0.3 is 0 Å². The smallest absolute Gasteiger partial charge is 0.256 e. The highest BCUT2D eigenvalue weighted by Gasteiger charge is 2.19. The number of halogens is 2. The molecule has 3 rings (SSSR count). The molecule has 0 atom stereocenters. The van der Waals surface area contributed by atoms with Gasteiger partial charge in [0.15, 0.2) is 0 Å². The second-order valence-electron chi connectivity index (χ2n) is 4.63. The first kappa shape index (κ1) is 13.8. The van der Waals surface area contributed by atoms with Crippen molar-refractivity contribution in [3.05, 3.63) is 63.4 Å². The van der Waals surface area contributed by atoms with Crippen molar-refractivity contribution in [2.45, 2.75) is 6.54 Å². The van der Waals surface area contributed by atoms with Crippen LogP contribution in [0.1, 0.15) is 26.3 Å². The number of nitrogens with one attached hydrogen (secondary N) is 2. The summed E-state index contributed by atoms with van der Waals surface area (Å²) in [5.74, 6) is -1.09. The number of rotatable bonds is 2. The standard InChI is InChI=1S/C15H10BrFN2O2/c16-13-4-2-9(17)5-12(13)15(21)19-10-3-1-8-7-18-14(20)11(8)6-10/h1-6H,7H2,(H,18,20)(H,19,21). The lowest BCUT2D eigenvalue weighted by Crippen LogP contribution is -2.14. The zero-order valence-electron chi connectivity index (χ0n) is 10.7. The van der Waals surface area contributed by atoms with Gasteiger partial charge in [-0.3, -0.25) is 9.59 Å². The summed E-state index contributed by atoms with van der Waals surface area (Å²) in [7, 11) is 0. The third kappa shape index (κ3) is 2.67. The van der Waals surface area contributed by atoms with Crippen molar-refractivity contribution in [1.29, 1.82) is 0 Å². The van der Waals surface area contributed by atoms with Crippen LogP contribution in [0.15, 0.2) is 40.9 Å². The Bertz CT molecular complexity index is 761. The van der Waals surface area contributed by atoms with Crippen LogP contribution in [0.2, 0.25) is 0 Å². The minimum atomic E-state index is -0.489. The van der Waals surface area contributed by atoms with Crippen LogP contribution in [-0.2, 0) is 6.54 Å². The van der Waals surface area contributed by atoms with Crippen molar-refractivity contribution in [2.24, 2.45) is 0 Å². The number of carbonyl (C=O) groups excluding carboxylic acids is 2. The predicted octanol–water partition coefficient (Wildman–Crippen LogP) is 3.08. The van der Waals surface area contributed by atoms with Crippen molar-refractivity contribution in [1.82, 2.24) is 5.32 Å². The Balaban J connectivity index is 1.87. The predicted molar refractivity (Wildman–Crippen MR) is 79.7 cm³/mol. The van der Waals surface area contributed by atoms with Crippen molar-refractivity contribution < 1.29 is 14.0 Å². The average molecular weight is 349 g/mol. The molecule has 1 aliphatic heterocycles. The largest absolute Gasteiger partial charge is 0.348 e. The van der Waals surface area contributed by atoms with Crippen LogP contribution >= 0.6 is 15.9 Å². The van der Waals surface area contributed by atoms with Gasteiger partial charge in [0.25, 0.3) is 11.8 Å². The summed E-state index contributed by atoms with van der Waals surface area (Å²) in [6, 6.07) is 9.00. The van der Waals surface area contributed by atoms with Gasteiger partial charge in [-0.25, -0.2) is 4.39 Å². The molecule has 2 amide bonds. The van der Waals surface area contributed by atoms with Crippen molar-refractivity contribution in [3.63, 3.8) is 0 Å². The molecule has 4 nitrogen and oxygen atoms in total. The minimum Gasteiger partial charge on any atom is -0.348 e. The average Bonchev–Trinajstić information content (AvgIpc) is 2.83. The molecule has 21 heavy (non-hydrogen) atoms. The molecule has 0 saturated carbocycles. The second-order valence-corrected chi connectivity index (χ2v) is 5.49. The number of benzene rings is 2. The highest BCUT2D eigenvalue weighted by atomic mass is 79.9. The van der Waals surface area contributed by atoms with Gasteiger partial charge in [0, 0.05) is 22.3 Å². The highest BCUT2D eigenvalue weighted by molar-refractivity contribution is 9.10. The summed E-state index contributed by atoms with van der Waals surface area (Å²) in [5, 5.41) is 5.37. The van der Waals surface area contributed by atoms with E-state index in [-0.39, 0.29) is 11.5 Å². The third-order valence-electron chi connectivity index (χ3n) is 3.22. The van der Waals surface area contributed by atoms with E-state index in [0.29, 0.717) is 22.3 Å². The van der Waals surface area contributed by atoms with E-state index in [9.17, 15) is 14.0 Å². The molecule has 0 aromatic heterocycles. The Labute approximate surface area is 128 Å². The molecule has 2 aromatic rings. The monoisotopic (exact) mass is 348 g/mol. The molecule has 1 heterocycles. The molecule has 1 aliphatic rings. The van der Waals surface area contributed by atoms with Gasteiger partial charge in [0.2, 0.25) is 0 Å². The molecule has 0 aliphatic carbocycles. The van der Waals surface area contributed by atoms with Gasteiger partial charge in [-0.1, -0.05) is 6.07 Å². The normalized spacial score (nSPS) is 12.8. The lowest BCUT2D eigenvalue weighted by molar-refractivity contribution is 0.0964. The maximum Gasteiger partial charge on any atom is 0.256 e. The maximum absolute atomic E-state index is 13.2. The number of anilines is 1. The zero-order valence-corrected chi connectivity index (χ0v) is 12.3. The summed E-state index contributed by atoms with van der Waals surface area (Å²) >= 11 is 3.21. The van der Waals surface area contributed by atoms with Gasteiger partial charge in [-0.2, -0.15) is 0 Å². The van der Waals surface area contributed by atoms with Gasteiger partial charge < -0.3 is 10.6 Å². The number of amides is 2. The molecule has 2 N–H and O–H groups in total. The molecular weight excluding hydrogens is 339 g/mol. The Hall–Kier alpha value is -2.21. The van der Waals surface area contributed by atoms with E-state index in [0.717, 1.165) is 11.6 Å². The van der Waals surface area contributed by atoms with Crippen LogP contribution in [0, 0.1) is 5.82 Å². The van der Waals surface area contributed by atoms with Crippen LogP contribution in [0.3, 0.4) is 0 Å². The summed E-state index contributed by atoms with van der Waals surface area (Å²) in [5.41, 5.74) is 2.13. The third-order valence-corrected chi connectivity index (χ3v) is 3.92. The van der Waals surface area contributed by atoms with Crippen molar-refractivity contribution in [3.8, 4) is 0 Å². The Morgan fingerprint density at radius 3 is 2.86 bits per heavy atom. The molecule has 0 unspecified atom stereocenters. The Morgan fingerprint density at radius 2 is 2.05 bits per heavy atom. The van der Waals surface area contributed by atoms with Crippen molar-refractivity contribution >= 4 is 33.4 Å². The summed E-state index contributed by atoms with van der Waals surface area (Å²) < 4.78 is 13.7. The first-order valence-electron chi connectivity index (χ1n) is 6.22. The second kappa shape index (κ2) is 5.29. The molecule has 0 radical (unpaired) electrons. The highest BCUT2D eigenvalue weighted by Crippen LogP contribution is 2.22. The van der Waals surface area contributed by atoms with E-state index < -0.39 is 11.7 Å². The molecule has 0 fully saturated rings. The summed E-state index contributed by atoms with van der Waals surface area (Å²) in [4.78, 5) is 23.8. The fourth-order valence-corrected chi connectivity index (χ4v) is 2.59. The van der Waals surface area contributed by atoms with Crippen LogP contribution in [0.25, 0.3) is 0 Å². The first-order valence-corrected chi connectivity index (χ1v) is 7.01. The van der Waals surface area contributed by atoms with E-state index in [1.165, 1.54) is 12.1 Å². The van der Waals surface area contributed by atoms with Crippen molar-refractivity contribution in [2.75, 3.05) is 5.32 Å². The quantitative estimate of drug-likeness (QED) is 0.876. The van der Waals surface area contributed by atoms with Gasteiger partial charge in [0.05, 0.1) is 5.56 Å². The van der Waals surface area contributed by atoms with Crippen LogP contribution in [-0.4, -0.2) is 11.8 Å². The van der Waals surface area contributed by atoms with Crippen LogP contribution < -0.4 is 10.6 Å². The SMILES string of the molecule is O=C(Nc1ccc2c(c1)C(=O)NC2)c1cc(F)ccc1Br. The fourth-order valence-electron chi connectivity index (χ4n) is 2.16. The van der Waals surface area contributed by atoms with E-state index >= 15 is 0 Å². The number of hydrogen-bond acceptors (Lipinski definition) is 2. The first-order chi connectivity index (χ1) is 10.0. The molecule has 0 saturated heterocycles. The fraction of sp³-hybridized carbons (Fsp3) is 0.0667. The molecule has 106 valence electrons. The minimum absolute atomic E-state index is 0.159. The number of fused-ring (bicyclic) bond motifs is 1.